The molecule has 2 atom stereocenters. The molecule has 1 N–H and O–H groups in total. The van der Waals surface area contributed by atoms with Crippen molar-refractivity contribution in [2.75, 3.05) is 13.7 Å². The van der Waals surface area contributed by atoms with E-state index in [1.54, 1.807) is 11.3 Å². The molecule has 22 heavy (non-hydrogen) atoms. The standard InChI is InChI=1S/C18H23NO2S/c1-4-13(2)14-7-9-15(10-8-14)18(16-6-5-11-22-16)19-17(20)12-21-3/h5-11,13,18H,4,12H2,1-3H3,(H,19,20). The van der Waals surface area contributed by atoms with Crippen molar-refractivity contribution in [2.45, 2.75) is 32.2 Å². The summed E-state index contributed by atoms with van der Waals surface area (Å²) in [5, 5.41) is 5.07. The highest BCUT2D eigenvalue weighted by Gasteiger charge is 2.18. The van der Waals surface area contributed by atoms with Crippen LogP contribution in [0.2, 0.25) is 0 Å². The van der Waals surface area contributed by atoms with E-state index >= 15 is 0 Å². The number of ether oxygens (including phenoxy) is 1. The van der Waals surface area contributed by atoms with Crippen LogP contribution in [-0.2, 0) is 9.53 Å². The smallest absolute Gasteiger partial charge is 0.246 e. The van der Waals surface area contributed by atoms with Crippen molar-refractivity contribution in [2.24, 2.45) is 0 Å². The van der Waals surface area contributed by atoms with Crippen LogP contribution in [0.3, 0.4) is 0 Å². The van der Waals surface area contributed by atoms with E-state index in [1.165, 1.54) is 12.7 Å². The third-order valence-corrected chi connectivity index (χ3v) is 4.80. The first-order valence-electron chi connectivity index (χ1n) is 7.57. The van der Waals surface area contributed by atoms with Gasteiger partial charge in [0, 0.05) is 12.0 Å². The number of amides is 1. The molecule has 0 spiro atoms. The predicted octanol–water partition coefficient (Wildman–Crippen LogP) is 4.11. The molecule has 1 aromatic heterocycles. The Balaban J connectivity index is 2.23. The van der Waals surface area contributed by atoms with Crippen LogP contribution < -0.4 is 5.32 Å². The maximum absolute atomic E-state index is 11.9. The largest absolute Gasteiger partial charge is 0.375 e. The summed E-state index contributed by atoms with van der Waals surface area (Å²) in [7, 11) is 1.53. The van der Waals surface area contributed by atoms with Crippen LogP contribution >= 0.6 is 11.3 Å². The molecule has 1 aromatic carbocycles. The highest BCUT2D eigenvalue weighted by Crippen LogP contribution is 2.28. The van der Waals surface area contributed by atoms with Crippen LogP contribution in [0, 0.1) is 0 Å². The Hall–Kier alpha value is -1.65. The minimum absolute atomic E-state index is 0.0762. The number of carbonyl (C=O) groups is 1. The molecule has 0 saturated carbocycles. The number of carbonyl (C=O) groups excluding carboxylic acids is 1. The van der Waals surface area contributed by atoms with Crippen LogP contribution in [0.25, 0.3) is 0 Å². The van der Waals surface area contributed by atoms with Gasteiger partial charge in [0.2, 0.25) is 5.91 Å². The summed E-state index contributed by atoms with van der Waals surface area (Å²) in [6.45, 7) is 4.50. The Morgan fingerprint density at radius 1 is 1.23 bits per heavy atom. The van der Waals surface area contributed by atoms with Crippen LogP contribution in [0.4, 0.5) is 0 Å². The lowest BCUT2D eigenvalue weighted by Gasteiger charge is -2.19. The predicted molar refractivity (Wildman–Crippen MR) is 91.3 cm³/mol. The molecule has 2 unspecified atom stereocenters. The summed E-state index contributed by atoms with van der Waals surface area (Å²) in [4.78, 5) is 13.0. The second kappa shape index (κ2) is 8.11. The summed E-state index contributed by atoms with van der Waals surface area (Å²) in [6, 6.07) is 12.5. The first-order valence-corrected chi connectivity index (χ1v) is 8.45. The molecule has 0 fully saturated rings. The summed E-state index contributed by atoms with van der Waals surface area (Å²) in [6.07, 6.45) is 1.12. The summed E-state index contributed by atoms with van der Waals surface area (Å²) >= 11 is 1.65. The number of hydrogen-bond acceptors (Lipinski definition) is 3. The molecule has 0 aliphatic carbocycles. The van der Waals surface area contributed by atoms with E-state index in [-0.39, 0.29) is 18.6 Å². The van der Waals surface area contributed by atoms with Crippen molar-refractivity contribution < 1.29 is 9.53 Å². The van der Waals surface area contributed by atoms with E-state index in [0.29, 0.717) is 5.92 Å². The quantitative estimate of drug-likeness (QED) is 0.834. The van der Waals surface area contributed by atoms with Crippen molar-refractivity contribution in [3.8, 4) is 0 Å². The van der Waals surface area contributed by atoms with Crippen LogP contribution in [0.1, 0.15) is 48.2 Å². The second-order valence-electron chi connectivity index (χ2n) is 5.42. The number of thiophene rings is 1. The molecule has 0 aliphatic rings. The Bertz CT molecular complexity index is 578. The van der Waals surface area contributed by atoms with Gasteiger partial charge in [-0.3, -0.25) is 4.79 Å². The topological polar surface area (TPSA) is 38.3 Å². The number of benzene rings is 1. The van der Waals surface area contributed by atoms with Crippen molar-refractivity contribution >= 4 is 17.2 Å². The van der Waals surface area contributed by atoms with E-state index in [0.717, 1.165) is 16.9 Å². The minimum Gasteiger partial charge on any atom is -0.375 e. The second-order valence-corrected chi connectivity index (χ2v) is 6.40. The van der Waals surface area contributed by atoms with Gasteiger partial charge in [-0.05, 0) is 34.9 Å². The maximum Gasteiger partial charge on any atom is 0.246 e. The zero-order chi connectivity index (χ0) is 15.9. The summed E-state index contributed by atoms with van der Waals surface area (Å²) < 4.78 is 4.91. The number of methoxy groups -OCH3 is 1. The maximum atomic E-state index is 11.9. The third kappa shape index (κ3) is 4.18. The Morgan fingerprint density at radius 2 is 1.91 bits per heavy atom. The SMILES string of the molecule is CCC(C)c1ccc(C(NC(=O)COC)c2cccs2)cc1. The minimum atomic E-state index is -0.117. The summed E-state index contributed by atoms with van der Waals surface area (Å²) in [5.41, 5.74) is 2.43. The molecule has 1 amide bonds. The fraction of sp³-hybridized carbons (Fsp3) is 0.389. The first kappa shape index (κ1) is 16.7. The Labute approximate surface area is 136 Å². The fourth-order valence-electron chi connectivity index (χ4n) is 2.36. The van der Waals surface area contributed by atoms with Gasteiger partial charge >= 0.3 is 0 Å². The van der Waals surface area contributed by atoms with Crippen LogP contribution in [-0.4, -0.2) is 19.6 Å². The van der Waals surface area contributed by atoms with Gasteiger partial charge in [0.25, 0.3) is 0 Å². The zero-order valence-electron chi connectivity index (χ0n) is 13.3. The van der Waals surface area contributed by atoms with Gasteiger partial charge in [0.05, 0.1) is 6.04 Å². The average Bonchev–Trinajstić information content (AvgIpc) is 3.06. The fourth-order valence-corrected chi connectivity index (χ4v) is 3.16. The van der Waals surface area contributed by atoms with Crippen molar-refractivity contribution in [1.82, 2.24) is 5.32 Å². The van der Waals surface area contributed by atoms with Crippen molar-refractivity contribution in [1.29, 1.82) is 0 Å². The van der Waals surface area contributed by atoms with Gasteiger partial charge in [-0.25, -0.2) is 0 Å². The van der Waals surface area contributed by atoms with Gasteiger partial charge in [0.15, 0.2) is 0 Å². The van der Waals surface area contributed by atoms with Gasteiger partial charge < -0.3 is 10.1 Å². The molecule has 1 heterocycles. The highest BCUT2D eigenvalue weighted by atomic mass is 32.1. The molecule has 3 nitrogen and oxygen atoms in total. The van der Waals surface area contributed by atoms with E-state index in [2.05, 4.69) is 43.4 Å². The molecule has 2 aromatic rings. The number of hydrogen-bond donors (Lipinski definition) is 1. The normalized spacial score (nSPS) is 13.6. The van der Waals surface area contributed by atoms with Gasteiger partial charge in [0.1, 0.15) is 6.61 Å². The number of nitrogens with one attached hydrogen (secondary N) is 1. The molecule has 0 aliphatic heterocycles. The van der Waals surface area contributed by atoms with Crippen LogP contribution in [0.15, 0.2) is 41.8 Å². The molecule has 2 rings (SSSR count). The lowest BCUT2D eigenvalue weighted by molar-refractivity contribution is -0.125. The Kier molecular flexibility index (Phi) is 6.16. The lowest BCUT2D eigenvalue weighted by atomic mass is 9.95. The third-order valence-electron chi connectivity index (χ3n) is 3.86. The molecule has 4 heteroatoms. The molecular weight excluding hydrogens is 294 g/mol. The first-order chi connectivity index (χ1) is 10.7. The molecule has 118 valence electrons. The van der Waals surface area contributed by atoms with E-state index in [9.17, 15) is 4.79 Å². The van der Waals surface area contributed by atoms with E-state index < -0.39 is 0 Å². The molecule has 0 saturated heterocycles. The Morgan fingerprint density at radius 3 is 2.45 bits per heavy atom. The molecular formula is C18H23NO2S. The summed E-state index contributed by atoms with van der Waals surface area (Å²) in [5.74, 6) is 0.448. The van der Waals surface area contributed by atoms with Gasteiger partial charge in [-0.15, -0.1) is 11.3 Å². The number of rotatable bonds is 7. The van der Waals surface area contributed by atoms with E-state index in [1.807, 2.05) is 17.5 Å². The highest BCUT2D eigenvalue weighted by molar-refractivity contribution is 7.10. The zero-order valence-corrected chi connectivity index (χ0v) is 14.2. The van der Waals surface area contributed by atoms with Gasteiger partial charge in [-0.1, -0.05) is 44.2 Å². The monoisotopic (exact) mass is 317 g/mol. The van der Waals surface area contributed by atoms with Gasteiger partial charge in [-0.2, -0.15) is 0 Å². The van der Waals surface area contributed by atoms with E-state index in [4.69, 9.17) is 4.74 Å². The average molecular weight is 317 g/mol. The molecule has 0 bridgehead atoms. The molecule has 0 radical (unpaired) electrons. The lowest BCUT2D eigenvalue weighted by Crippen LogP contribution is -2.31. The van der Waals surface area contributed by atoms with Crippen molar-refractivity contribution in [3.05, 3.63) is 57.8 Å². The van der Waals surface area contributed by atoms with Crippen molar-refractivity contribution in [3.63, 3.8) is 0 Å². The van der Waals surface area contributed by atoms with Crippen LogP contribution in [0.5, 0.6) is 0 Å².